The molecule has 3 aromatic heterocycles. The zero-order chi connectivity index (χ0) is 18.8. The first-order chi connectivity index (χ1) is 13.1. The van der Waals surface area contributed by atoms with Crippen molar-refractivity contribution in [3.8, 4) is 0 Å². The van der Waals surface area contributed by atoms with Gasteiger partial charge in [-0.25, -0.2) is 4.98 Å². The molecule has 10 nitrogen and oxygen atoms in total. The van der Waals surface area contributed by atoms with Crippen LogP contribution in [0.4, 0.5) is 5.82 Å². The Morgan fingerprint density at radius 3 is 2.96 bits per heavy atom. The van der Waals surface area contributed by atoms with Crippen LogP contribution in [0.5, 0.6) is 0 Å². The van der Waals surface area contributed by atoms with Gasteiger partial charge in [0.2, 0.25) is 5.89 Å². The number of nitrogens with zero attached hydrogens (tertiary/aromatic N) is 8. The number of anilines is 1. The van der Waals surface area contributed by atoms with Crippen LogP contribution in [0.15, 0.2) is 16.9 Å². The van der Waals surface area contributed by atoms with Crippen LogP contribution >= 0.6 is 0 Å². The molecule has 1 aliphatic heterocycles. The lowest BCUT2D eigenvalue weighted by Crippen LogP contribution is -2.31. The number of hydrogen-bond donors (Lipinski definition) is 0. The molecule has 0 aromatic carbocycles. The normalized spacial score (nSPS) is 17.4. The molecule has 0 N–H and O–H groups in total. The third-order valence-corrected chi connectivity index (χ3v) is 4.83. The molecule has 0 spiro atoms. The average molecular weight is 372 g/mol. The molecule has 27 heavy (non-hydrogen) atoms. The number of rotatable bonds is 5. The highest BCUT2D eigenvalue weighted by atomic mass is 16.5. The predicted octanol–water partition coefficient (Wildman–Crippen LogP) is 1.24. The highest BCUT2D eigenvalue weighted by molar-refractivity contribution is 5.47. The van der Waals surface area contributed by atoms with Crippen LogP contribution in [0, 0.1) is 6.92 Å². The molecule has 0 bridgehead atoms. The van der Waals surface area contributed by atoms with Gasteiger partial charge in [-0.05, 0) is 20.3 Å². The number of methoxy groups -OCH3 is 1. The third kappa shape index (κ3) is 3.76. The van der Waals surface area contributed by atoms with E-state index in [1.54, 1.807) is 18.0 Å². The summed E-state index contributed by atoms with van der Waals surface area (Å²) >= 11 is 0. The Bertz CT molecular complexity index is 907. The molecule has 0 saturated carbocycles. The second kappa shape index (κ2) is 7.57. The first kappa shape index (κ1) is 17.8. The minimum atomic E-state index is -0.165. The molecular weight excluding hydrogens is 348 g/mol. The van der Waals surface area contributed by atoms with Gasteiger partial charge in [0.15, 0.2) is 5.82 Å². The number of fused-ring (bicyclic) bond motifs is 1. The zero-order valence-electron chi connectivity index (χ0n) is 15.9. The van der Waals surface area contributed by atoms with Crippen LogP contribution in [-0.2, 0) is 11.3 Å². The van der Waals surface area contributed by atoms with Crippen molar-refractivity contribution in [2.24, 2.45) is 0 Å². The average Bonchev–Trinajstić information content (AvgIpc) is 3.26. The Morgan fingerprint density at radius 1 is 1.22 bits per heavy atom. The Hall–Kier alpha value is -2.59. The van der Waals surface area contributed by atoms with Crippen LogP contribution in [0.3, 0.4) is 0 Å². The second-order valence-corrected chi connectivity index (χ2v) is 6.77. The van der Waals surface area contributed by atoms with E-state index in [-0.39, 0.29) is 6.10 Å². The monoisotopic (exact) mass is 372 g/mol. The van der Waals surface area contributed by atoms with E-state index in [4.69, 9.17) is 9.26 Å². The summed E-state index contributed by atoms with van der Waals surface area (Å²) in [5.74, 6) is 2.88. The molecule has 1 unspecified atom stereocenters. The van der Waals surface area contributed by atoms with E-state index in [1.165, 1.54) is 0 Å². The van der Waals surface area contributed by atoms with E-state index in [2.05, 4.69) is 41.1 Å². The van der Waals surface area contributed by atoms with Gasteiger partial charge >= 0.3 is 0 Å². The molecular formula is C17H24N8O2. The van der Waals surface area contributed by atoms with Gasteiger partial charge in [0.05, 0.1) is 6.54 Å². The van der Waals surface area contributed by atoms with Crippen molar-refractivity contribution in [2.75, 3.05) is 38.2 Å². The number of hydrogen-bond acceptors (Lipinski definition) is 9. The fourth-order valence-corrected chi connectivity index (χ4v) is 3.29. The maximum atomic E-state index is 5.38. The van der Waals surface area contributed by atoms with Gasteiger partial charge in [0.25, 0.3) is 5.78 Å². The van der Waals surface area contributed by atoms with E-state index in [9.17, 15) is 0 Å². The van der Waals surface area contributed by atoms with Crippen molar-refractivity contribution in [3.05, 3.63) is 29.8 Å². The van der Waals surface area contributed by atoms with Gasteiger partial charge in [-0.15, -0.1) is 0 Å². The smallest absolute Gasteiger partial charge is 0.254 e. The predicted molar refractivity (Wildman–Crippen MR) is 97.3 cm³/mol. The lowest BCUT2D eigenvalue weighted by Gasteiger charge is -2.23. The van der Waals surface area contributed by atoms with E-state index in [0.717, 1.165) is 44.1 Å². The van der Waals surface area contributed by atoms with Gasteiger partial charge in [0, 0.05) is 45.0 Å². The fraction of sp³-hybridized carbons (Fsp3) is 0.588. The third-order valence-electron chi connectivity index (χ3n) is 4.83. The summed E-state index contributed by atoms with van der Waals surface area (Å²) in [6, 6.07) is 2.06. The highest BCUT2D eigenvalue weighted by Gasteiger charge is 2.21. The first-order valence-electron chi connectivity index (χ1n) is 9.14. The van der Waals surface area contributed by atoms with Gasteiger partial charge in [-0.3, -0.25) is 4.90 Å². The minimum Gasteiger partial charge on any atom is -0.374 e. The molecule has 1 aliphatic rings. The lowest BCUT2D eigenvalue weighted by molar-refractivity contribution is 0.109. The Morgan fingerprint density at radius 2 is 2.11 bits per heavy atom. The summed E-state index contributed by atoms with van der Waals surface area (Å²) in [5.41, 5.74) is 0.942. The molecule has 144 valence electrons. The van der Waals surface area contributed by atoms with Gasteiger partial charge in [0.1, 0.15) is 18.2 Å². The number of aryl methyl sites for hydroxylation is 1. The number of aromatic nitrogens is 6. The fourth-order valence-electron chi connectivity index (χ4n) is 3.29. The molecule has 1 fully saturated rings. The van der Waals surface area contributed by atoms with Gasteiger partial charge in [-0.2, -0.15) is 19.6 Å². The van der Waals surface area contributed by atoms with Gasteiger partial charge < -0.3 is 14.2 Å². The first-order valence-corrected chi connectivity index (χ1v) is 9.14. The van der Waals surface area contributed by atoms with E-state index in [1.807, 2.05) is 13.8 Å². The quantitative estimate of drug-likeness (QED) is 0.655. The lowest BCUT2D eigenvalue weighted by atomic mass is 10.3. The summed E-state index contributed by atoms with van der Waals surface area (Å²) in [5, 5.41) is 8.32. The summed E-state index contributed by atoms with van der Waals surface area (Å²) in [6.07, 6.45) is 2.42. The van der Waals surface area contributed by atoms with Crippen LogP contribution in [0.25, 0.3) is 5.78 Å². The van der Waals surface area contributed by atoms with Crippen LogP contribution in [0.2, 0.25) is 0 Å². The molecule has 1 atom stereocenters. The summed E-state index contributed by atoms with van der Waals surface area (Å²) in [7, 11) is 1.64. The molecule has 10 heteroatoms. The Labute approximate surface area is 157 Å². The topological polar surface area (TPSA) is 97.7 Å². The standard InChI is InChI=1S/C17H24N8O2/c1-12-9-15(25-17(20-12)18-11-19-25)24-6-4-5-23(7-8-24)10-14-21-16(22-27-14)13(2)26-3/h9,11,13H,4-8,10H2,1-3H3. The molecule has 1 saturated heterocycles. The summed E-state index contributed by atoms with van der Waals surface area (Å²) in [6.45, 7) is 8.23. The van der Waals surface area contributed by atoms with Gasteiger partial charge in [-0.1, -0.05) is 5.16 Å². The Kier molecular flexibility index (Phi) is 4.99. The highest BCUT2D eigenvalue weighted by Crippen LogP contribution is 2.19. The van der Waals surface area contributed by atoms with Crippen molar-refractivity contribution in [1.29, 1.82) is 0 Å². The van der Waals surface area contributed by atoms with Crippen LogP contribution in [-0.4, -0.2) is 67.9 Å². The van der Waals surface area contributed by atoms with Crippen molar-refractivity contribution in [1.82, 2.24) is 34.6 Å². The van der Waals surface area contributed by atoms with Crippen LogP contribution in [0.1, 0.15) is 36.9 Å². The molecule has 4 heterocycles. The molecule has 4 rings (SSSR count). The molecule has 0 aliphatic carbocycles. The summed E-state index contributed by atoms with van der Waals surface area (Å²) < 4.78 is 12.4. The second-order valence-electron chi connectivity index (χ2n) is 6.77. The van der Waals surface area contributed by atoms with E-state index < -0.39 is 0 Å². The van der Waals surface area contributed by atoms with Crippen molar-refractivity contribution >= 4 is 11.6 Å². The SMILES string of the molecule is COC(C)c1noc(CN2CCCN(c3cc(C)nc4ncnn34)CC2)n1. The van der Waals surface area contributed by atoms with E-state index >= 15 is 0 Å². The van der Waals surface area contributed by atoms with Crippen molar-refractivity contribution in [3.63, 3.8) is 0 Å². The van der Waals surface area contributed by atoms with Crippen molar-refractivity contribution in [2.45, 2.75) is 32.9 Å². The van der Waals surface area contributed by atoms with Crippen molar-refractivity contribution < 1.29 is 9.26 Å². The molecule has 0 radical (unpaired) electrons. The number of ether oxygens (including phenoxy) is 1. The van der Waals surface area contributed by atoms with Crippen LogP contribution < -0.4 is 4.90 Å². The Balaban J connectivity index is 1.44. The maximum Gasteiger partial charge on any atom is 0.254 e. The zero-order valence-corrected chi connectivity index (χ0v) is 15.9. The maximum absolute atomic E-state index is 5.38. The minimum absolute atomic E-state index is 0.165. The van der Waals surface area contributed by atoms with E-state index in [0.29, 0.717) is 24.0 Å². The largest absolute Gasteiger partial charge is 0.374 e. The molecule has 0 amide bonds. The molecule has 3 aromatic rings. The summed E-state index contributed by atoms with van der Waals surface area (Å²) in [4.78, 5) is 17.8.